The van der Waals surface area contributed by atoms with Crippen molar-refractivity contribution < 1.29 is 23.2 Å². The van der Waals surface area contributed by atoms with Crippen LogP contribution in [0.3, 0.4) is 0 Å². The van der Waals surface area contributed by atoms with Crippen LogP contribution in [0.5, 0.6) is 0 Å². The summed E-state index contributed by atoms with van der Waals surface area (Å²) in [5.41, 5.74) is 7.61. The van der Waals surface area contributed by atoms with Crippen LogP contribution in [0.2, 0.25) is 0 Å². The topological polar surface area (TPSA) is 141 Å². The number of nitrogens with two attached hydrogens (primary N) is 1. The minimum atomic E-state index is -3.16. The molecular weight excluding hydrogens is 598 g/mol. The predicted octanol–water partition coefficient (Wildman–Crippen LogP) is 4.54. The first-order valence-electron chi connectivity index (χ1n) is 14.4. The molecule has 0 bridgehead atoms. The van der Waals surface area contributed by atoms with Crippen molar-refractivity contribution in [2.75, 3.05) is 13.1 Å². The largest absolute Gasteiger partial charge is 0.384 e. The fourth-order valence-electron chi connectivity index (χ4n) is 6.02. The number of nitrogens with one attached hydrogen (secondary N) is 3. The molecule has 0 saturated carbocycles. The van der Waals surface area contributed by atoms with Crippen LogP contribution in [0.1, 0.15) is 62.8 Å². The number of nitrogen functional groups attached to an aromatic ring is 1. The van der Waals surface area contributed by atoms with Gasteiger partial charge in [0.05, 0.1) is 12.6 Å². The van der Waals surface area contributed by atoms with Gasteiger partial charge in [-0.05, 0) is 60.4 Å². The van der Waals surface area contributed by atoms with E-state index in [0.717, 1.165) is 10.4 Å². The van der Waals surface area contributed by atoms with Gasteiger partial charge in [-0.25, -0.2) is 0 Å². The zero-order valence-electron chi connectivity index (χ0n) is 24.2. The Bertz CT molecular complexity index is 1810. The summed E-state index contributed by atoms with van der Waals surface area (Å²) in [7, 11) is 0. The average molecular weight is 629 g/mol. The molecule has 1 fully saturated rings. The van der Waals surface area contributed by atoms with Gasteiger partial charge in [-0.2, -0.15) is 8.78 Å². The highest BCUT2D eigenvalue weighted by molar-refractivity contribution is 7.10. The smallest absolute Gasteiger partial charge is 0.299 e. The van der Waals surface area contributed by atoms with Crippen molar-refractivity contribution in [3.05, 3.63) is 111 Å². The number of fused-ring (bicyclic) bond motifs is 3. The summed E-state index contributed by atoms with van der Waals surface area (Å²) in [5.74, 6) is -4.71. The highest BCUT2D eigenvalue weighted by Crippen LogP contribution is 2.51. The third-order valence-electron chi connectivity index (χ3n) is 8.39. The van der Waals surface area contributed by atoms with Crippen LogP contribution in [0.4, 0.5) is 8.78 Å². The van der Waals surface area contributed by atoms with Crippen molar-refractivity contribution in [1.29, 1.82) is 5.41 Å². The number of carbonyl (C=O) groups is 3. The highest BCUT2D eigenvalue weighted by atomic mass is 32.1. The third-order valence-corrected chi connectivity index (χ3v) is 9.51. The van der Waals surface area contributed by atoms with Crippen LogP contribution in [0.25, 0.3) is 11.1 Å². The van der Waals surface area contributed by atoms with E-state index in [4.69, 9.17) is 11.1 Å². The number of halogens is 2. The summed E-state index contributed by atoms with van der Waals surface area (Å²) in [5, 5.41) is 15.0. The predicted molar refractivity (Wildman–Crippen MR) is 166 cm³/mol. The van der Waals surface area contributed by atoms with Gasteiger partial charge in [-0.3, -0.25) is 24.8 Å². The number of carbonyl (C=O) groups excluding carboxylic acids is 3. The van der Waals surface area contributed by atoms with Crippen LogP contribution in [0, 0.1) is 5.41 Å². The molecule has 9 nitrogen and oxygen atoms in total. The van der Waals surface area contributed by atoms with Crippen molar-refractivity contribution in [3.8, 4) is 11.1 Å². The SMILES string of the molecule is C[C@@H](NC(=O)[C@@H]1C[C@H](c2ccncc2)CN1C(=O)CNC(=O)c1ccc2c(c1)-c1ccccc1C2(F)F)c1cc(C(=N)N)cs1. The van der Waals surface area contributed by atoms with Crippen molar-refractivity contribution in [3.63, 3.8) is 0 Å². The number of amidine groups is 1. The summed E-state index contributed by atoms with van der Waals surface area (Å²) in [6, 6.07) is 14.5. The molecule has 0 spiro atoms. The average Bonchev–Trinajstić information content (AvgIpc) is 3.77. The molecule has 3 atom stereocenters. The summed E-state index contributed by atoms with van der Waals surface area (Å²) in [4.78, 5) is 46.5. The second-order valence-corrected chi connectivity index (χ2v) is 12.2. The van der Waals surface area contributed by atoms with Gasteiger partial charge in [-0.1, -0.05) is 30.3 Å². The second-order valence-electron chi connectivity index (χ2n) is 11.2. The second kappa shape index (κ2) is 11.8. The Hall–Kier alpha value is -4.97. The van der Waals surface area contributed by atoms with Crippen LogP contribution in [0.15, 0.2) is 78.4 Å². The van der Waals surface area contributed by atoms with Crippen LogP contribution in [-0.2, 0) is 15.5 Å². The normalized spacial score (nSPS) is 18.5. The Morgan fingerprint density at radius 1 is 1.07 bits per heavy atom. The summed E-state index contributed by atoms with van der Waals surface area (Å²) in [6.45, 7) is 1.71. The van der Waals surface area contributed by atoms with Crippen molar-refractivity contribution >= 4 is 34.9 Å². The van der Waals surface area contributed by atoms with Crippen LogP contribution < -0.4 is 16.4 Å². The molecule has 2 aromatic heterocycles. The number of hydrogen-bond acceptors (Lipinski definition) is 6. The fraction of sp³-hybridized carbons (Fsp3) is 0.242. The minimum Gasteiger partial charge on any atom is -0.384 e. The maximum atomic E-state index is 15.0. The van der Waals surface area contributed by atoms with Crippen LogP contribution >= 0.6 is 11.3 Å². The third kappa shape index (κ3) is 5.68. The Balaban J connectivity index is 1.17. The molecule has 3 amide bonds. The fourth-order valence-corrected chi connectivity index (χ4v) is 6.93. The molecule has 0 unspecified atom stereocenters. The number of benzene rings is 2. The zero-order chi connectivity index (χ0) is 31.9. The monoisotopic (exact) mass is 628 g/mol. The first-order valence-corrected chi connectivity index (χ1v) is 15.3. The lowest BCUT2D eigenvalue weighted by atomic mass is 9.97. The molecule has 2 aliphatic rings. The number of rotatable bonds is 8. The molecule has 1 saturated heterocycles. The molecule has 1 aliphatic carbocycles. The van der Waals surface area contributed by atoms with E-state index in [1.54, 1.807) is 42.0 Å². The molecule has 45 heavy (non-hydrogen) atoms. The maximum absolute atomic E-state index is 15.0. The Kier molecular flexibility index (Phi) is 7.92. The molecule has 6 rings (SSSR count). The standard InChI is InChI=1S/C33H30F2N6O3S/c1-18(28-14-22(17-45-28)30(36)37)40-32(44)27-13-21(19-8-10-38-11-9-19)16-41(27)29(42)15-39-31(43)20-6-7-26-24(12-20)23-4-2-3-5-25(23)33(26,34)35/h2-12,14,17-18,21,27H,13,15-16H2,1H3,(H3,36,37)(H,39,43)(H,40,44)/t18-,21+,27+/m1/s1. The number of nitrogens with zero attached hydrogens (tertiary/aromatic N) is 2. The molecule has 12 heteroatoms. The van der Waals surface area contributed by atoms with Crippen molar-refractivity contribution in [2.24, 2.45) is 5.73 Å². The Morgan fingerprint density at radius 3 is 2.53 bits per heavy atom. The molecule has 3 heterocycles. The highest BCUT2D eigenvalue weighted by Gasteiger charge is 2.44. The van der Waals surface area contributed by atoms with E-state index in [2.05, 4.69) is 15.6 Å². The van der Waals surface area contributed by atoms with Crippen LogP contribution in [-0.4, -0.2) is 52.6 Å². The van der Waals surface area contributed by atoms with E-state index in [1.807, 2.05) is 19.1 Å². The van der Waals surface area contributed by atoms with Crippen molar-refractivity contribution in [2.45, 2.75) is 37.3 Å². The first-order chi connectivity index (χ1) is 21.5. The number of pyridine rings is 1. The van der Waals surface area contributed by atoms with E-state index < -0.39 is 23.8 Å². The van der Waals surface area contributed by atoms with Gasteiger partial charge in [0.2, 0.25) is 11.8 Å². The summed E-state index contributed by atoms with van der Waals surface area (Å²) >= 11 is 1.38. The lowest BCUT2D eigenvalue weighted by Crippen LogP contribution is -2.49. The molecule has 230 valence electrons. The number of amides is 3. The molecule has 4 aromatic rings. The quantitative estimate of drug-likeness (QED) is 0.168. The first kappa shape index (κ1) is 30.1. The zero-order valence-corrected chi connectivity index (χ0v) is 25.0. The van der Waals surface area contributed by atoms with E-state index in [0.29, 0.717) is 17.5 Å². The molecular formula is C33H30F2N6O3S. The number of thiophene rings is 1. The van der Waals surface area contributed by atoms with Gasteiger partial charge < -0.3 is 21.3 Å². The lowest BCUT2D eigenvalue weighted by molar-refractivity contribution is -0.137. The van der Waals surface area contributed by atoms with Gasteiger partial charge in [0.15, 0.2) is 0 Å². The van der Waals surface area contributed by atoms with E-state index in [1.165, 1.54) is 40.5 Å². The molecule has 5 N–H and O–H groups in total. The summed E-state index contributed by atoms with van der Waals surface area (Å²) < 4.78 is 29.9. The van der Waals surface area contributed by atoms with Gasteiger partial charge >= 0.3 is 0 Å². The lowest BCUT2D eigenvalue weighted by Gasteiger charge is -2.25. The van der Waals surface area contributed by atoms with Crippen molar-refractivity contribution in [1.82, 2.24) is 20.5 Å². The number of alkyl halides is 2. The van der Waals surface area contributed by atoms with E-state index >= 15 is 0 Å². The number of likely N-dealkylation sites (tertiary alicyclic amines) is 1. The molecule has 1 aliphatic heterocycles. The Labute approximate surface area is 262 Å². The molecule has 0 radical (unpaired) electrons. The minimum absolute atomic E-state index is 0.0616. The Morgan fingerprint density at radius 2 is 1.80 bits per heavy atom. The van der Waals surface area contributed by atoms with Gasteiger partial charge in [0.1, 0.15) is 11.9 Å². The van der Waals surface area contributed by atoms with Gasteiger partial charge in [-0.15, -0.1) is 11.3 Å². The summed E-state index contributed by atoms with van der Waals surface area (Å²) in [6.07, 6.45) is 3.70. The number of aromatic nitrogens is 1. The van der Waals surface area contributed by atoms with E-state index in [-0.39, 0.29) is 59.0 Å². The van der Waals surface area contributed by atoms with Gasteiger partial charge in [0.25, 0.3) is 11.8 Å². The maximum Gasteiger partial charge on any atom is 0.299 e. The van der Waals surface area contributed by atoms with Gasteiger partial charge in [0, 0.05) is 57.4 Å². The number of hydrogen-bond donors (Lipinski definition) is 4. The van der Waals surface area contributed by atoms with E-state index in [9.17, 15) is 23.2 Å². The molecule has 2 aromatic carbocycles.